The zero-order valence-electron chi connectivity index (χ0n) is 28.4. The predicted octanol–water partition coefficient (Wildman–Crippen LogP) is 7.92. The van der Waals surface area contributed by atoms with Gasteiger partial charge in [0.25, 0.3) is 0 Å². The van der Waals surface area contributed by atoms with E-state index in [0.717, 1.165) is 71.8 Å². The topological polar surface area (TPSA) is 122 Å². The number of benzene rings is 3. The number of unbranched alkanes of at least 4 members (excludes halogenated alkanes) is 2. The number of aliphatic imine (C=N–C) groups is 1. The van der Waals surface area contributed by atoms with Gasteiger partial charge in [-0.05, 0) is 91.4 Å². The molecule has 0 saturated heterocycles. The maximum Gasteiger partial charge on any atom is 0.330 e. The first-order valence-corrected chi connectivity index (χ1v) is 15.6. The molecule has 0 unspecified atom stereocenters. The van der Waals surface area contributed by atoms with Gasteiger partial charge in [-0.15, -0.1) is 0 Å². The molecule has 0 bridgehead atoms. The van der Waals surface area contributed by atoms with E-state index in [0.29, 0.717) is 37.9 Å². The van der Waals surface area contributed by atoms with Gasteiger partial charge in [0.1, 0.15) is 24.0 Å². The molecule has 10 nitrogen and oxygen atoms in total. The third-order valence-corrected chi connectivity index (χ3v) is 6.52. The maximum atomic E-state index is 11.0. The number of carbonyl (C=O) groups excluding carboxylic acids is 3. The van der Waals surface area contributed by atoms with Crippen molar-refractivity contribution in [1.29, 1.82) is 0 Å². The van der Waals surface area contributed by atoms with Crippen LogP contribution >= 0.6 is 0 Å². The second kappa shape index (κ2) is 25.7. The van der Waals surface area contributed by atoms with E-state index in [1.807, 2.05) is 85.7 Å². The number of nitrogens with one attached hydrogen (secondary N) is 1. The summed E-state index contributed by atoms with van der Waals surface area (Å²) >= 11 is 0. The van der Waals surface area contributed by atoms with Crippen molar-refractivity contribution < 1.29 is 58.1 Å². The molecule has 0 aliphatic heterocycles. The van der Waals surface area contributed by atoms with Gasteiger partial charge < -0.3 is 33.8 Å². The minimum absolute atomic E-state index is 0. The van der Waals surface area contributed by atoms with Crippen molar-refractivity contribution >= 4 is 42.4 Å². The fourth-order valence-electron chi connectivity index (χ4n) is 4.00. The molecule has 0 heterocycles. The van der Waals surface area contributed by atoms with E-state index in [9.17, 15) is 9.59 Å². The van der Waals surface area contributed by atoms with Crippen molar-refractivity contribution in [3.63, 3.8) is 0 Å². The Bertz CT molecular complexity index is 1560. The molecule has 3 rings (SSSR count). The summed E-state index contributed by atoms with van der Waals surface area (Å²) in [5, 5.41) is 3.28. The number of nitrogens with zero attached hydrogens (tertiary/aromatic N) is 1. The summed E-state index contributed by atoms with van der Waals surface area (Å²) in [5.74, 6) is 1.35. The third-order valence-electron chi connectivity index (χ3n) is 6.52. The molecule has 1 N–H and O–H groups in total. The summed E-state index contributed by atoms with van der Waals surface area (Å²) in [5.41, 5.74) is 4.12. The van der Waals surface area contributed by atoms with E-state index in [1.165, 1.54) is 0 Å². The van der Waals surface area contributed by atoms with Gasteiger partial charge in [-0.1, -0.05) is 37.9 Å². The second-order valence-corrected chi connectivity index (χ2v) is 10.1. The number of ether oxygens (including phenoxy) is 5. The molecular weight excluding hydrogens is 675 g/mol. The van der Waals surface area contributed by atoms with E-state index in [2.05, 4.69) is 30.0 Å². The van der Waals surface area contributed by atoms with Crippen molar-refractivity contribution in [3.05, 3.63) is 122 Å². The minimum Gasteiger partial charge on any atom is -0.494 e. The quantitative estimate of drug-likeness (QED) is 0.0384. The number of allylic oxidation sites excluding steroid dienone is 1. The van der Waals surface area contributed by atoms with Crippen LogP contribution in [-0.4, -0.2) is 58.5 Å². The molecule has 3 aromatic rings. The third kappa shape index (κ3) is 17.2. The molecule has 0 aliphatic rings. The Morgan fingerprint density at radius 1 is 0.760 bits per heavy atom. The summed E-state index contributed by atoms with van der Waals surface area (Å²) < 4.78 is 27.0. The Kier molecular flexibility index (Phi) is 21.9. The largest absolute Gasteiger partial charge is 0.494 e. The van der Waals surface area contributed by atoms with Gasteiger partial charge in [-0.25, -0.2) is 9.59 Å². The molecule has 0 atom stereocenters. The number of carbonyl (C=O) groups is 3. The maximum absolute atomic E-state index is 11.0. The minimum atomic E-state index is -0.410. The van der Waals surface area contributed by atoms with Crippen LogP contribution in [0.2, 0.25) is 0 Å². The van der Waals surface area contributed by atoms with Gasteiger partial charge in [0, 0.05) is 50.1 Å². The molecule has 0 saturated carbocycles. The van der Waals surface area contributed by atoms with Crippen LogP contribution < -0.4 is 19.5 Å². The first-order valence-electron chi connectivity index (χ1n) is 15.6. The van der Waals surface area contributed by atoms with Gasteiger partial charge in [-0.3, -0.25) is 4.99 Å². The van der Waals surface area contributed by atoms with Crippen LogP contribution in [0.5, 0.6) is 17.2 Å². The summed E-state index contributed by atoms with van der Waals surface area (Å²) in [6, 6.07) is 21.1. The second-order valence-electron chi connectivity index (χ2n) is 10.1. The number of esters is 2. The van der Waals surface area contributed by atoms with E-state index >= 15 is 0 Å². The van der Waals surface area contributed by atoms with E-state index in [1.54, 1.807) is 13.3 Å². The van der Waals surface area contributed by atoms with Crippen LogP contribution in [0.25, 0.3) is 6.08 Å². The Morgan fingerprint density at radius 2 is 1.26 bits per heavy atom. The Hall–Kier alpha value is -5.32. The van der Waals surface area contributed by atoms with Gasteiger partial charge in [0.05, 0.1) is 44.9 Å². The zero-order chi connectivity index (χ0) is 35.7. The van der Waals surface area contributed by atoms with Crippen LogP contribution in [0.3, 0.4) is 0 Å². The van der Waals surface area contributed by atoms with Crippen LogP contribution in [-0.2, 0) is 42.4 Å². The molecule has 0 aliphatic carbocycles. The van der Waals surface area contributed by atoms with Crippen molar-refractivity contribution in [2.75, 3.05) is 38.9 Å². The SMILES string of the molecule is C=CC(=O)OCCCCOc1ccc(C=Nc2ccc(NC(=C)/C=C/c3ccc(OCCCCOC(=O)C=C)cc3)c(OC)c2)cc1.C=O.[HH].[V]. The van der Waals surface area contributed by atoms with E-state index < -0.39 is 11.9 Å². The average molecular weight is 722 g/mol. The smallest absolute Gasteiger partial charge is 0.330 e. The van der Waals surface area contributed by atoms with Crippen molar-refractivity contribution in [2.45, 2.75) is 25.7 Å². The van der Waals surface area contributed by atoms with Crippen molar-refractivity contribution in [3.8, 4) is 17.2 Å². The molecule has 0 fully saturated rings. The number of hydrogen-bond acceptors (Lipinski definition) is 10. The Balaban J connectivity index is 0.00000614. The molecular formula is C39H46N2O8V. The number of rotatable bonds is 21. The van der Waals surface area contributed by atoms with Crippen LogP contribution in [0, 0.1) is 0 Å². The van der Waals surface area contributed by atoms with Crippen molar-refractivity contribution in [1.82, 2.24) is 0 Å². The molecule has 3 aromatic carbocycles. The first kappa shape index (κ1) is 42.7. The van der Waals surface area contributed by atoms with Gasteiger partial charge >= 0.3 is 11.9 Å². The fourth-order valence-corrected chi connectivity index (χ4v) is 4.00. The van der Waals surface area contributed by atoms with Gasteiger partial charge in [0.15, 0.2) is 0 Å². The fraction of sp³-hybridized carbons (Fsp3) is 0.231. The normalized spacial score (nSPS) is 10.2. The van der Waals surface area contributed by atoms with Crippen LogP contribution in [0.4, 0.5) is 11.4 Å². The van der Waals surface area contributed by atoms with Crippen molar-refractivity contribution in [2.24, 2.45) is 4.99 Å². The summed E-state index contributed by atoms with van der Waals surface area (Å²) in [7, 11) is 1.61. The molecule has 265 valence electrons. The first-order chi connectivity index (χ1) is 23.9. The Labute approximate surface area is 307 Å². The van der Waals surface area contributed by atoms with E-state index in [4.69, 9.17) is 28.5 Å². The van der Waals surface area contributed by atoms with Gasteiger partial charge in [0.2, 0.25) is 0 Å². The standard InChI is InChI=1S/C38H42N2O7.CH2O.V.H2/c1-5-37(41)46-25-9-7-23-44-33-18-13-30(14-19-33)12-11-29(3)40-35-22-17-32(27-36(35)43-4)39-28-31-15-20-34(21-16-31)45-24-8-10-26-47-38(42)6-2;1-2;;/h5-6,11-22,27-28,40H,1-3,7-10,23-26H2,4H3;1H2;;1H/b12-11+,39-28?;;;. The summed E-state index contributed by atoms with van der Waals surface area (Å²) in [6.07, 6.45) is 10.9. The number of methoxy groups -OCH3 is 1. The predicted molar refractivity (Wildman–Crippen MR) is 196 cm³/mol. The summed E-state index contributed by atoms with van der Waals surface area (Å²) in [4.78, 5) is 34.7. The molecule has 1 radical (unpaired) electrons. The number of hydrogen-bond donors (Lipinski definition) is 1. The zero-order valence-corrected chi connectivity index (χ0v) is 29.8. The van der Waals surface area contributed by atoms with Crippen LogP contribution in [0.15, 0.2) is 115 Å². The van der Waals surface area contributed by atoms with E-state index in [-0.39, 0.29) is 20.0 Å². The number of anilines is 1. The summed E-state index contributed by atoms with van der Waals surface area (Å²) in [6.45, 7) is 14.6. The molecule has 50 heavy (non-hydrogen) atoms. The molecule has 0 amide bonds. The molecule has 0 spiro atoms. The monoisotopic (exact) mass is 721 g/mol. The Morgan fingerprint density at radius 3 is 1.76 bits per heavy atom. The van der Waals surface area contributed by atoms with Crippen LogP contribution in [0.1, 0.15) is 38.2 Å². The molecule has 11 heteroatoms. The molecule has 0 aromatic heterocycles. The average Bonchev–Trinajstić information content (AvgIpc) is 3.14. The van der Waals surface area contributed by atoms with Gasteiger partial charge in [-0.2, -0.15) is 0 Å².